The van der Waals surface area contributed by atoms with Crippen LogP contribution in [0.5, 0.6) is 0 Å². The second-order valence-corrected chi connectivity index (χ2v) is 9.77. The monoisotopic (exact) mass is 192 g/mol. The summed E-state index contributed by atoms with van der Waals surface area (Å²) in [5, 5.41) is 9.02. The van der Waals surface area contributed by atoms with Crippen molar-refractivity contribution in [2.75, 3.05) is 6.61 Å². The van der Waals surface area contributed by atoms with Crippen molar-refractivity contribution in [2.45, 2.75) is 43.8 Å². The van der Waals surface area contributed by atoms with Gasteiger partial charge in [-0.15, -0.1) is 0 Å². The lowest BCUT2D eigenvalue weighted by Gasteiger charge is -2.32. The van der Waals surface area contributed by atoms with Crippen LogP contribution in [0.25, 0.3) is 0 Å². The van der Waals surface area contributed by atoms with E-state index in [1.165, 1.54) is 18.1 Å². The van der Waals surface area contributed by atoms with E-state index in [9.17, 15) is 0 Å². The SMILES string of the molecule is CC[Si](CC)(CC)C(S)CO. The molecular formula is C8H20OSSi. The number of aliphatic hydroxyl groups is 1. The lowest BCUT2D eigenvalue weighted by molar-refractivity contribution is 0.311. The van der Waals surface area contributed by atoms with Gasteiger partial charge in [0.1, 0.15) is 0 Å². The molecule has 0 aromatic heterocycles. The summed E-state index contributed by atoms with van der Waals surface area (Å²) in [6.45, 7) is 6.96. The molecule has 0 heterocycles. The zero-order valence-corrected chi connectivity index (χ0v) is 9.69. The number of aliphatic hydroxyl groups excluding tert-OH is 1. The van der Waals surface area contributed by atoms with Crippen LogP contribution in [0.2, 0.25) is 18.1 Å². The van der Waals surface area contributed by atoms with E-state index >= 15 is 0 Å². The Morgan fingerprint density at radius 3 is 1.64 bits per heavy atom. The summed E-state index contributed by atoms with van der Waals surface area (Å²) in [6.07, 6.45) is 0. The third kappa shape index (κ3) is 2.49. The van der Waals surface area contributed by atoms with Gasteiger partial charge in [0.15, 0.2) is 0 Å². The topological polar surface area (TPSA) is 20.2 Å². The Morgan fingerprint density at radius 2 is 1.55 bits per heavy atom. The lowest BCUT2D eigenvalue weighted by Crippen LogP contribution is -2.44. The maximum Gasteiger partial charge on any atom is 0.0696 e. The molecule has 0 saturated carbocycles. The zero-order chi connectivity index (χ0) is 8.91. The molecule has 0 radical (unpaired) electrons. The van der Waals surface area contributed by atoms with E-state index in [-0.39, 0.29) is 11.5 Å². The Bertz CT molecular complexity index is 96.0. The zero-order valence-electron chi connectivity index (χ0n) is 7.80. The average molecular weight is 192 g/mol. The molecule has 0 rings (SSSR count). The molecule has 0 bridgehead atoms. The minimum Gasteiger partial charge on any atom is -0.396 e. The van der Waals surface area contributed by atoms with Crippen LogP contribution in [0, 0.1) is 0 Å². The molecule has 0 amide bonds. The fourth-order valence-corrected chi connectivity index (χ4v) is 6.59. The Balaban J connectivity index is 4.26. The minimum atomic E-state index is -1.21. The highest BCUT2D eigenvalue weighted by Gasteiger charge is 2.33. The van der Waals surface area contributed by atoms with Crippen molar-refractivity contribution in [2.24, 2.45) is 0 Å². The normalized spacial score (nSPS) is 15.0. The molecule has 1 unspecified atom stereocenters. The quantitative estimate of drug-likeness (QED) is 0.506. The van der Waals surface area contributed by atoms with E-state index in [0.717, 1.165) is 0 Å². The lowest BCUT2D eigenvalue weighted by atomic mass is 10.8. The summed E-state index contributed by atoms with van der Waals surface area (Å²) < 4.78 is 0. The van der Waals surface area contributed by atoms with Gasteiger partial charge in [-0.2, -0.15) is 12.6 Å². The smallest absolute Gasteiger partial charge is 0.0696 e. The summed E-state index contributed by atoms with van der Waals surface area (Å²) in [4.78, 5) is 0.280. The van der Waals surface area contributed by atoms with Crippen LogP contribution in [0.1, 0.15) is 20.8 Å². The van der Waals surface area contributed by atoms with Gasteiger partial charge in [0.05, 0.1) is 14.7 Å². The third-order valence-corrected chi connectivity index (χ3v) is 10.6. The first-order chi connectivity index (χ1) is 5.16. The van der Waals surface area contributed by atoms with Gasteiger partial charge in [0.2, 0.25) is 0 Å². The van der Waals surface area contributed by atoms with Crippen LogP contribution in [0.3, 0.4) is 0 Å². The first kappa shape index (κ1) is 11.5. The molecule has 1 nitrogen and oxygen atoms in total. The van der Waals surface area contributed by atoms with Crippen LogP contribution in [-0.4, -0.2) is 24.7 Å². The van der Waals surface area contributed by atoms with E-state index in [4.69, 9.17) is 5.11 Å². The molecule has 0 fully saturated rings. The number of thiol groups is 1. The van der Waals surface area contributed by atoms with E-state index in [1.54, 1.807) is 0 Å². The first-order valence-corrected chi connectivity index (χ1v) is 7.67. The summed E-state index contributed by atoms with van der Waals surface area (Å²) in [5.41, 5.74) is 0. The van der Waals surface area contributed by atoms with E-state index in [0.29, 0.717) is 0 Å². The molecule has 0 aliphatic carbocycles. The second kappa shape index (κ2) is 5.22. The van der Waals surface area contributed by atoms with Crippen molar-refractivity contribution in [3.63, 3.8) is 0 Å². The predicted molar refractivity (Wildman–Crippen MR) is 57.1 cm³/mol. The van der Waals surface area contributed by atoms with Gasteiger partial charge in [-0.1, -0.05) is 38.9 Å². The Kier molecular flexibility index (Phi) is 5.47. The molecule has 0 spiro atoms. The molecule has 3 heteroatoms. The molecule has 11 heavy (non-hydrogen) atoms. The van der Waals surface area contributed by atoms with Crippen molar-refractivity contribution in [1.82, 2.24) is 0 Å². The van der Waals surface area contributed by atoms with Crippen molar-refractivity contribution >= 4 is 20.7 Å². The van der Waals surface area contributed by atoms with Gasteiger partial charge in [-0.3, -0.25) is 0 Å². The maximum absolute atomic E-state index is 9.02. The van der Waals surface area contributed by atoms with Gasteiger partial charge in [-0.25, -0.2) is 0 Å². The minimum absolute atomic E-state index is 0.255. The fraction of sp³-hybridized carbons (Fsp3) is 1.00. The van der Waals surface area contributed by atoms with Gasteiger partial charge in [0.25, 0.3) is 0 Å². The Labute approximate surface area is 76.6 Å². The van der Waals surface area contributed by atoms with Crippen molar-refractivity contribution in [1.29, 1.82) is 0 Å². The van der Waals surface area contributed by atoms with Crippen molar-refractivity contribution in [3.8, 4) is 0 Å². The molecule has 0 aromatic carbocycles. The molecule has 0 aliphatic rings. The average Bonchev–Trinajstić information content (AvgIpc) is 2.08. The summed E-state index contributed by atoms with van der Waals surface area (Å²) in [5.74, 6) is 0. The molecular weight excluding hydrogens is 172 g/mol. The number of hydrogen-bond donors (Lipinski definition) is 2. The summed E-state index contributed by atoms with van der Waals surface area (Å²) in [7, 11) is -1.21. The molecule has 0 aliphatic heterocycles. The van der Waals surface area contributed by atoms with Gasteiger partial charge >= 0.3 is 0 Å². The standard InChI is InChI=1S/C8H20OSSi/c1-4-11(5-2,6-3)8(10)7-9/h8-10H,4-7H2,1-3H3. The van der Waals surface area contributed by atoms with E-state index in [2.05, 4.69) is 33.4 Å². The highest BCUT2D eigenvalue weighted by atomic mass is 32.1. The van der Waals surface area contributed by atoms with Crippen molar-refractivity contribution < 1.29 is 5.11 Å². The molecule has 0 saturated heterocycles. The van der Waals surface area contributed by atoms with Crippen LogP contribution in [-0.2, 0) is 0 Å². The molecule has 0 aromatic rings. The van der Waals surface area contributed by atoms with Crippen LogP contribution in [0.4, 0.5) is 0 Å². The van der Waals surface area contributed by atoms with E-state index in [1.807, 2.05) is 0 Å². The van der Waals surface area contributed by atoms with Crippen molar-refractivity contribution in [3.05, 3.63) is 0 Å². The molecule has 1 atom stereocenters. The highest BCUT2D eigenvalue weighted by molar-refractivity contribution is 7.83. The number of rotatable bonds is 5. The van der Waals surface area contributed by atoms with E-state index < -0.39 is 8.07 Å². The van der Waals surface area contributed by atoms with Gasteiger partial charge < -0.3 is 5.11 Å². The van der Waals surface area contributed by atoms with Crippen LogP contribution in [0.15, 0.2) is 0 Å². The van der Waals surface area contributed by atoms with Crippen LogP contribution >= 0.6 is 12.6 Å². The fourth-order valence-electron chi connectivity index (χ4n) is 1.65. The number of hydrogen-bond acceptors (Lipinski definition) is 2. The van der Waals surface area contributed by atoms with Crippen LogP contribution < -0.4 is 0 Å². The first-order valence-electron chi connectivity index (χ1n) is 4.45. The Morgan fingerprint density at radius 1 is 1.18 bits per heavy atom. The molecule has 1 N–H and O–H groups in total. The third-order valence-electron chi connectivity index (χ3n) is 2.99. The molecule has 68 valence electrons. The largest absolute Gasteiger partial charge is 0.396 e. The van der Waals surface area contributed by atoms with Gasteiger partial charge in [-0.05, 0) is 0 Å². The highest BCUT2D eigenvalue weighted by Crippen LogP contribution is 2.27. The van der Waals surface area contributed by atoms with Gasteiger partial charge in [0, 0.05) is 4.87 Å². The Hall–Kier alpha value is 0.527. The maximum atomic E-state index is 9.02. The summed E-state index contributed by atoms with van der Waals surface area (Å²) >= 11 is 4.46. The predicted octanol–water partition coefficient (Wildman–Crippen LogP) is 2.32. The second-order valence-electron chi connectivity index (χ2n) is 3.12. The summed E-state index contributed by atoms with van der Waals surface area (Å²) in [6, 6.07) is 3.73.